The molecular weight excluding hydrogens is 575 g/mol. The molecule has 2 atom stereocenters. The lowest BCUT2D eigenvalue weighted by atomic mass is 10.0. The second-order valence-corrected chi connectivity index (χ2v) is 11.3. The van der Waals surface area contributed by atoms with E-state index in [1.54, 1.807) is 30.5 Å². The molecule has 4 heterocycles. The van der Waals surface area contributed by atoms with Crippen LogP contribution in [0.1, 0.15) is 47.2 Å². The Morgan fingerprint density at radius 1 is 1.00 bits per heavy atom. The monoisotopic (exact) mass is 610 g/mol. The van der Waals surface area contributed by atoms with Gasteiger partial charge < -0.3 is 25.0 Å². The fourth-order valence-electron chi connectivity index (χ4n) is 5.68. The summed E-state index contributed by atoms with van der Waals surface area (Å²) in [5.74, 6) is 1.14. The number of halogens is 1. The summed E-state index contributed by atoms with van der Waals surface area (Å²) < 4.78 is 26.8. The molecule has 2 amide bonds. The Morgan fingerprint density at radius 3 is 2.73 bits per heavy atom. The maximum absolute atomic E-state index is 14.7. The van der Waals surface area contributed by atoms with E-state index in [2.05, 4.69) is 32.4 Å². The highest BCUT2D eigenvalue weighted by molar-refractivity contribution is 5.95. The molecule has 6 rings (SSSR count). The van der Waals surface area contributed by atoms with Crippen LogP contribution in [0.2, 0.25) is 0 Å². The summed E-state index contributed by atoms with van der Waals surface area (Å²) in [4.78, 5) is 42.0. The van der Waals surface area contributed by atoms with Crippen molar-refractivity contribution in [3.63, 3.8) is 0 Å². The third-order valence-corrected chi connectivity index (χ3v) is 7.82. The number of hydrogen-bond acceptors (Lipinski definition) is 8. The van der Waals surface area contributed by atoms with Crippen molar-refractivity contribution in [1.82, 2.24) is 25.6 Å². The van der Waals surface area contributed by atoms with Crippen LogP contribution in [0.5, 0.6) is 11.5 Å². The van der Waals surface area contributed by atoms with Crippen molar-refractivity contribution < 1.29 is 23.5 Å². The lowest BCUT2D eigenvalue weighted by Gasteiger charge is -2.39. The van der Waals surface area contributed by atoms with Crippen molar-refractivity contribution in [2.24, 2.45) is 0 Å². The maximum atomic E-state index is 14.7. The number of carbonyl (C=O) groups is 2. The van der Waals surface area contributed by atoms with Gasteiger partial charge >= 0.3 is 0 Å². The molecule has 1 fully saturated rings. The number of amides is 2. The van der Waals surface area contributed by atoms with Crippen LogP contribution in [0, 0.1) is 12.7 Å². The zero-order chi connectivity index (χ0) is 31.3. The fraction of sp³-hybridized carbons (Fsp3) is 0.324. The predicted octanol–water partition coefficient (Wildman–Crippen LogP) is 4.40. The summed E-state index contributed by atoms with van der Waals surface area (Å²) in [5, 5.41) is 5.94. The van der Waals surface area contributed by atoms with E-state index in [1.807, 2.05) is 25.1 Å². The number of anilines is 1. The molecule has 1 saturated heterocycles. The Bertz CT molecular complexity index is 1720. The smallest absolute Gasteiger partial charge is 0.258 e. The summed E-state index contributed by atoms with van der Waals surface area (Å²) in [5.41, 5.74) is 3.40. The number of nitrogens with one attached hydrogen (secondary N) is 2. The molecule has 0 aliphatic carbocycles. The number of fused-ring (bicyclic) bond motifs is 8. The molecule has 11 heteroatoms. The second kappa shape index (κ2) is 13.3. The Hall–Kier alpha value is -5.06. The zero-order valence-electron chi connectivity index (χ0n) is 25.3. The van der Waals surface area contributed by atoms with Gasteiger partial charge in [-0.15, -0.1) is 0 Å². The first-order chi connectivity index (χ1) is 21.8. The molecule has 0 radical (unpaired) electrons. The second-order valence-electron chi connectivity index (χ2n) is 11.3. The molecule has 232 valence electrons. The maximum Gasteiger partial charge on any atom is 0.258 e. The summed E-state index contributed by atoms with van der Waals surface area (Å²) in [6.45, 7) is 4.91. The number of aryl methyl sites for hydroxylation is 2. The quantitative estimate of drug-likeness (QED) is 0.351. The molecule has 2 aromatic carbocycles. The third kappa shape index (κ3) is 7.36. The van der Waals surface area contributed by atoms with Crippen LogP contribution in [0.25, 0.3) is 11.1 Å². The lowest BCUT2D eigenvalue weighted by Crippen LogP contribution is -2.57. The first-order valence-corrected chi connectivity index (χ1v) is 15.1. The van der Waals surface area contributed by atoms with E-state index in [1.165, 1.54) is 18.3 Å². The van der Waals surface area contributed by atoms with E-state index < -0.39 is 18.0 Å². The molecule has 45 heavy (non-hydrogen) atoms. The number of piperidine rings is 1. The van der Waals surface area contributed by atoms with Gasteiger partial charge in [0.2, 0.25) is 0 Å². The normalized spacial score (nSPS) is 18.6. The van der Waals surface area contributed by atoms with E-state index in [4.69, 9.17) is 14.5 Å². The van der Waals surface area contributed by atoms with Gasteiger partial charge in [0, 0.05) is 61.8 Å². The van der Waals surface area contributed by atoms with Crippen LogP contribution < -0.4 is 25.0 Å². The molecular formula is C34H35FN6O4. The molecule has 2 aliphatic rings. The number of ether oxygens (including phenoxy) is 2. The van der Waals surface area contributed by atoms with Crippen molar-refractivity contribution >= 4 is 17.6 Å². The highest BCUT2D eigenvalue weighted by atomic mass is 19.1. The third-order valence-electron chi connectivity index (χ3n) is 7.82. The van der Waals surface area contributed by atoms with Crippen LogP contribution in [0.3, 0.4) is 0 Å². The number of hydrogen-bond donors (Lipinski definition) is 2. The molecule has 10 nitrogen and oxygen atoms in total. The van der Waals surface area contributed by atoms with Gasteiger partial charge in [0.25, 0.3) is 11.8 Å². The van der Waals surface area contributed by atoms with E-state index in [0.29, 0.717) is 48.0 Å². The molecule has 0 spiro atoms. The number of carbonyl (C=O) groups excluding carboxylic acids is 2. The van der Waals surface area contributed by atoms with E-state index >= 15 is 0 Å². The number of benzene rings is 2. The molecule has 6 bridgehead atoms. The lowest BCUT2D eigenvalue weighted by molar-refractivity contribution is -0.123. The SMILES string of the molecule is CCCc1cc(N2CC[C@@H]3Oc4cc(F)cc(c4)CNC(=O)COc4cccc(c4)-c4cncc(c4)C(=O)N[C@@H]3C2)nc(C)n1. The van der Waals surface area contributed by atoms with Crippen molar-refractivity contribution in [1.29, 1.82) is 0 Å². The molecule has 2 N–H and O–H groups in total. The number of pyridine rings is 1. The van der Waals surface area contributed by atoms with Crippen molar-refractivity contribution in [2.75, 3.05) is 24.6 Å². The van der Waals surface area contributed by atoms with Crippen molar-refractivity contribution in [2.45, 2.75) is 51.8 Å². The Morgan fingerprint density at radius 2 is 1.87 bits per heavy atom. The average Bonchev–Trinajstić information content (AvgIpc) is 3.03. The van der Waals surface area contributed by atoms with Gasteiger partial charge in [-0.2, -0.15) is 0 Å². The summed E-state index contributed by atoms with van der Waals surface area (Å²) in [7, 11) is 0. The van der Waals surface area contributed by atoms with Crippen LogP contribution in [-0.4, -0.2) is 58.6 Å². The predicted molar refractivity (Wildman–Crippen MR) is 167 cm³/mol. The van der Waals surface area contributed by atoms with Gasteiger partial charge in [-0.25, -0.2) is 14.4 Å². The summed E-state index contributed by atoms with van der Waals surface area (Å²) in [6.07, 6.45) is 5.08. The topological polar surface area (TPSA) is 119 Å². The van der Waals surface area contributed by atoms with Gasteiger partial charge in [-0.1, -0.05) is 25.5 Å². The van der Waals surface area contributed by atoms with Crippen LogP contribution in [0.4, 0.5) is 10.2 Å². The Balaban J connectivity index is 1.35. The first-order valence-electron chi connectivity index (χ1n) is 15.1. The van der Waals surface area contributed by atoms with Gasteiger partial charge in [0.15, 0.2) is 6.61 Å². The van der Waals surface area contributed by atoms with Crippen molar-refractivity contribution in [3.05, 3.63) is 95.5 Å². The molecule has 4 aromatic rings. The van der Waals surface area contributed by atoms with Gasteiger partial charge in [0.1, 0.15) is 35.1 Å². The Kier molecular flexibility index (Phi) is 8.86. The minimum absolute atomic E-state index is 0.0968. The molecule has 2 aromatic heterocycles. The van der Waals surface area contributed by atoms with Gasteiger partial charge in [0.05, 0.1) is 11.6 Å². The number of nitrogens with zero attached hydrogens (tertiary/aromatic N) is 4. The largest absolute Gasteiger partial charge is 0.488 e. The van der Waals surface area contributed by atoms with Gasteiger partial charge in [-0.05, 0) is 54.8 Å². The van der Waals surface area contributed by atoms with Crippen LogP contribution in [0.15, 0.2) is 67.0 Å². The van der Waals surface area contributed by atoms with Crippen LogP contribution in [-0.2, 0) is 17.8 Å². The van der Waals surface area contributed by atoms with E-state index in [0.717, 1.165) is 35.5 Å². The van der Waals surface area contributed by atoms with E-state index in [9.17, 15) is 14.0 Å². The zero-order valence-corrected chi connectivity index (χ0v) is 25.3. The highest BCUT2D eigenvalue weighted by Gasteiger charge is 2.33. The van der Waals surface area contributed by atoms with Crippen LogP contribution >= 0.6 is 0 Å². The number of rotatable bonds is 3. The molecule has 2 aliphatic heterocycles. The number of aromatic nitrogens is 3. The minimum Gasteiger partial charge on any atom is -0.488 e. The Labute approximate surface area is 261 Å². The highest BCUT2D eigenvalue weighted by Crippen LogP contribution is 2.27. The van der Waals surface area contributed by atoms with Crippen molar-refractivity contribution in [3.8, 4) is 22.6 Å². The molecule has 0 saturated carbocycles. The van der Waals surface area contributed by atoms with E-state index in [-0.39, 0.29) is 25.0 Å². The fourth-order valence-corrected chi connectivity index (χ4v) is 5.68. The molecule has 0 unspecified atom stereocenters. The average molecular weight is 611 g/mol. The standard InChI is InChI=1S/C34H35FN6O4/c1-3-5-27-15-32(39-21(2)38-27)41-9-8-31-30(19-41)40-34(43)25-12-24(17-36-18-25)23-6-4-7-28(13-23)44-20-33(42)37-16-22-10-26(35)14-29(11-22)45-31/h4,6-7,10-15,17-18,30-31H,3,5,8-9,16,19-20H2,1-2H3,(H,37,42)(H,40,43)/t30-,31+/m1/s1. The summed E-state index contributed by atoms with van der Waals surface area (Å²) in [6, 6.07) is 14.9. The van der Waals surface area contributed by atoms with Gasteiger partial charge in [-0.3, -0.25) is 14.6 Å². The summed E-state index contributed by atoms with van der Waals surface area (Å²) >= 11 is 0. The minimum atomic E-state index is -0.489. The first kappa shape index (κ1) is 30.0.